The topological polar surface area (TPSA) is 92.2 Å². The van der Waals surface area contributed by atoms with Gasteiger partial charge in [0.1, 0.15) is 0 Å². The minimum Gasteiger partial charge on any atom is -0.481 e. The number of carbonyl (C=O) groups excluding carboxylic acids is 1. The Morgan fingerprint density at radius 1 is 1.44 bits per heavy atom. The molecule has 0 spiro atoms. The molecule has 0 saturated carbocycles. The molecule has 0 aliphatic carbocycles. The van der Waals surface area contributed by atoms with Crippen LogP contribution in [-0.4, -0.2) is 32.3 Å². The van der Waals surface area contributed by atoms with Gasteiger partial charge >= 0.3 is 5.97 Å². The molecule has 1 aromatic heterocycles. The summed E-state index contributed by atoms with van der Waals surface area (Å²) in [5.74, 6) is -0.995. The Labute approximate surface area is 97.0 Å². The first-order valence-electron chi connectivity index (χ1n) is 4.93. The van der Waals surface area contributed by atoms with Crippen LogP contribution in [0.3, 0.4) is 0 Å². The van der Waals surface area contributed by atoms with E-state index in [2.05, 4.69) is 14.1 Å². The average molecular weight is 243 g/mol. The Morgan fingerprint density at radius 3 is 2.88 bits per heavy atom. The van der Waals surface area contributed by atoms with Gasteiger partial charge in [-0.05, 0) is 6.42 Å². The average Bonchev–Trinajstić information content (AvgIpc) is 2.70. The van der Waals surface area contributed by atoms with E-state index in [4.69, 9.17) is 5.11 Å². The molecule has 6 nitrogen and oxygen atoms in total. The lowest BCUT2D eigenvalue weighted by molar-refractivity contribution is -0.137. The van der Waals surface area contributed by atoms with Gasteiger partial charge in [-0.3, -0.25) is 9.59 Å². The van der Waals surface area contributed by atoms with Crippen molar-refractivity contribution in [3.63, 3.8) is 0 Å². The summed E-state index contributed by atoms with van der Waals surface area (Å²) in [7, 11) is 0. The maximum Gasteiger partial charge on any atom is 0.303 e. The van der Waals surface area contributed by atoms with Crippen LogP contribution in [0.25, 0.3) is 0 Å². The SMILES string of the molecule is O=C(O)CCCC(=O)NCCc1cnsn1. The summed E-state index contributed by atoms with van der Waals surface area (Å²) in [6.07, 6.45) is 2.98. The third kappa shape index (κ3) is 5.40. The number of carboxylic acids is 1. The quantitative estimate of drug-likeness (QED) is 0.725. The van der Waals surface area contributed by atoms with Crippen molar-refractivity contribution in [3.05, 3.63) is 11.9 Å². The van der Waals surface area contributed by atoms with Crippen molar-refractivity contribution in [3.8, 4) is 0 Å². The van der Waals surface area contributed by atoms with E-state index in [1.807, 2.05) is 0 Å². The Hall–Kier alpha value is -1.50. The van der Waals surface area contributed by atoms with E-state index in [-0.39, 0.29) is 18.7 Å². The lowest BCUT2D eigenvalue weighted by Gasteiger charge is -2.02. The number of hydrogen-bond acceptors (Lipinski definition) is 5. The largest absolute Gasteiger partial charge is 0.481 e. The zero-order valence-electron chi connectivity index (χ0n) is 8.68. The highest BCUT2D eigenvalue weighted by Gasteiger charge is 2.03. The van der Waals surface area contributed by atoms with Crippen molar-refractivity contribution < 1.29 is 14.7 Å². The van der Waals surface area contributed by atoms with Crippen LogP contribution in [0, 0.1) is 0 Å². The van der Waals surface area contributed by atoms with Gasteiger partial charge in [-0.25, -0.2) is 0 Å². The fourth-order valence-electron chi connectivity index (χ4n) is 1.11. The Bertz CT molecular complexity index is 340. The normalized spacial score (nSPS) is 10.0. The summed E-state index contributed by atoms with van der Waals surface area (Å²) in [5.41, 5.74) is 0.857. The molecule has 0 aliphatic rings. The van der Waals surface area contributed by atoms with Gasteiger partial charge in [-0.15, -0.1) is 0 Å². The van der Waals surface area contributed by atoms with E-state index in [1.165, 1.54) is 0 Å². The zero-order chi connectivity index (χ0) is 11.8. The molecule has 7 heteroatoms. The van der Waals surface area contributed by atoms with Crippen molar-refractivity contribution >= 4 is 23.6 Å². The van der Waals surface area contributed by atoms with Crippen LogP contribution in [0.5, 0.6) is 0 Å². The molecule has 2 N–H and O–H groups in total. The molecule has 0 atom stereocenters. The molecule has 0 bridgehead atoms. The van der Waals surface area contributed by atoms with E-state index in [1.54, 1.807) is 6.20 Å². The highest BCUT2D eigenvalue weighted by Crippen LogP contribution is 1.97. The maximum atomic E-state index is 11.2. The van der Waals surface area contributed by atoms with Crippen molar-refractivity contribution in [2.75, 3.05) is 6.54 Å². The number of rotatable bonds is 7. The number of aromatic nitrogens is 2. The molecule has 1 heterocycles. The smallest absolute Gasteiger partial charge is 0.303 e. The molecule has 0 aromatic carbocycles. The fourth-order valence-corrected chi connectivity index (χ4v) is 1.57. The number of amides is 1. The second-order valence-corrected chi connectivity index (χ2v) is 3.80. The summed E-state index contributed by atoms with van der Waals surface area (Å²) in [6, 6.07) is 0. The van der Waals surface area contributed by atoms with Crippen LogP contribution in [-0.2, 0) is 16.0 Å². The number of carbonyl (C=O) groups is 2. The number of carboxylic acid groups (broad SMARTS) is 1. The van der Waals surface area contributed by atoms with Crippen molar-refractivity contribution in [2.45, 2.75) is 25.7 Å². The first kappa shape index (κ1) is 12.6. The summed E-state index contributed by atoms with van der Waals surface area (Å²) in [5, 5.41) is 11.1. The molecule has 0 unspecified atom stereocenters. The maximum absolute atomic E-state index is 11.2. The molecule has 1 amide bonds. The van der Waals surface area contributed by atoms with Gasteiger partial charge in [-0.1, -0.05) is 0 Å². The Balaban J connectivity index is 2.04. The van der Waals surface area contributed by atoms with Crippen LogP contribution in [0.4, 0.5) is 0 Å². The van der Waals surface area contributed by atoms with Crippen LogP contribution in [0.1, 0.15) is 25.0 Å². The van der Waals surface area contributed by atoms with Crippen LogP contribution in [0.2, 0.25) is 0 Å². The van der Waals surface area contributed by atoms with Crippen molar-refractivity contribution in [1.82, 2.24) is 14.1 Å². The van der Waals surface area contributed by atoms with Crippen molar-refractivity contribution in [2.24, 2.45) is 0 Å². The van der Waals surface area contributed by atoms with E-state index in [0.29, 0.717) is 19.4 Å². The van der Waals surface area contributed by atoms with Crippen LogP contribution in [0.15, 0.2) is 6.20 Å². The molecule has 0 aliphatic heterocycles. The first-order valence-corrected chi connectivity index (χ1v) is 5.66. The molecule has 16 heavy (non-hydrogen) atoms. The van der Waals surface area contributed by atoms with Gasteiger partial charge in [0.05, 0.1) is 23.6 Å². The lowest BCUT2D eigenvalue weighted by Crippen LogP contribution is -2.25. The van der Waals surface area contributed by atoms with E-state index in [0.717, 1.165) is 17.4 Å². The van der Waals surface area contributed by atoms with Gasteiger partial charge in [0.2, 0.25) is 5.91 Å². The molecule has 0 radical (unpaired) electrons. The van der Waals surface area contributed by atoms with E-state index >= 15 is 0 Å². The lowest BCUT2D eigenvalue weighted by atomic mass is 10.2. The number of aliphatic carboxylic acids is 1. The number of nitrogens with zero attached hydrogens (tertiary/aromatic N) is 2. The summed E-state index contributed by atoms with van der Waals surface area (Å²) in [4.78, 5) is 21.4. The van der Waals surface area contributed by atoms with Crippen molar-refractivity contribution in [1.29, 1.82) is 0 Å². The molecular formula is C9H13N3O3S. The van der Waals surface area contributed by atoms with E-state index in [9.17, 15) is 9.59 Å². The van der Waals surface area contributed by atoms with Crippen LogP contribution >= 0.6 is 11.7 Å². The van der Waals surface area contributed by atoms with Gasteiger partial charge in [-0.2, -0.15) is 8.75 Å². The number of nitrogens with one attached hydrogen (secondary N) is 1. The highest BCUT2D eigenvalue weighted by molar-refractivity contribution is 6.99. The van der Waals surface area contributed by atoms with Crippen LogP contribution < -0.4 is 5.32 Å². The molecule has 0 fully saturated rings. The van der Waals surface area contributed by atoms with Gasteiger partial charge < -0.3 is 10.4 Å². The summed E-state index contributed by atoms with van der Waals surface area (Å²) >= 11 is 1.14. The molecular weight excluding hydrogens is 230 g/mol. The van der Waals surface area contributed by atoms with Gasteiger partial charge in [0.25, 0.3) is 0 Å². The van der Waals surface area contributed by atoms with E-state index < -0.39 is 5.97 Å². The summed E-state index contributed by atoms with van der Waals surface area (Å²) in [6.45, 7) is 0.511. The molecule has 88 valence electrons. The minimum atomic E-state index is -0.874. The Kier molecular flexibility index (Phi) is 5.41. The number of hydrogen-bond donors (Lipinski definition) is 2. The predicted octanol–water partition coefficient (Wildman–Crippen LogP) is 0.452. The highest BCUT2D eigenvalue weighted by atomic mass is 32.1. The second kappa shape index (κ2) is 6.89. The first-order chi connectivity index (χ1) is 7.68. The minimum absolute atomic E-state index is 0.0312. The summed E-state index contributed by atoms with van der Waals surface area (Å²) < 4.78 is 7.84. The second-order valence-electron chi connectivity index (χ2n) is 3.25. The third-order valence-corrected chi connectivity index (χ3v) is 2.42. The predicted molar refractivity (Wildman–Crippen MR) is 58.1 cm³/mol. The standard InChI is InChI=1S/C9H13N3O3S/c13-8(2-1-3-9(14)15)10-5-4-7-6-11-16-12-7/h6H,1-5H2,(H,10,13)(H,14,15). The fraction of sp³-hybridized carbons (Fsp3) is 0.556. The molecule has 1 rings (SSSR count). The third-order valence-electron chi connectivity index (χ3n) is 1.90. The van der Waals surface area contributed by atoms with Gasteiger partial charge in [0, 0.05) is 25.8 Å². The van der Waals surface area contributed by atoms with Gasteiger partial charge in [0.15, 0.2) is 0 Å². The zero-order valence-corrected chi connectivity index (χ0v) is 9.50. The Morgan fingerprint density at radius 2 is 2.25 bits per heavy atom. The molecule has 1 aromatic rings. The molecule has 0 saturated heterocycles. The monoisotopic (exact) mass is 243 g/mol.